The minimum Gasteiger partial charge on any atom is -0.469 e. The van der Waals surface area contributed by atoms with Gasteiger partial charge in [0.2, 0.25) is 5.91 Å². The van der Waals surface area contributed by atoms with Crippen LogP contribution in [0.3, 0.4) is 0 Å². The summed E-state index contributed by atoms with van der Waals surface area (Å²) in [5.41, 5.74) is 1.50. The zero-order valence-electron chi connectivity index (χ0n) is 15.5. The van der Waals surface area contributed by atoms with Crippen molar-refractivity contribution >= 4 is 34.3 Å². The van der Waals surface area contributed by atoms with E-state index < -0.39 is 28.6 Å². The van der Waals surface area contributed by atoms with Crippen LogP contribution in [0.1, 0.15) is 11.1 Å². The number of benzene rings is 2. The van der Waals surface area contributed by atoms with Gasteiger partial charge >= 0.3 is 5.97 Å². The number of aryl methyl sites for hydroxylation is 1. The average molecular weight is 426 g/mol. The Morgan fingerprint density at radius 2 is 1.89 bits per heavy atom. The maximum atomic E-state index is 13.3. The molecule has 0 aliphatic carbocycles. The molecule has 0 saturated heterocycles. The second-order valence-corrected chi connectivity index (χ2v) is 8.13. The van der Waals surface area contributed by atoms with Crippen LogP contribution in [0, 0.1) is 18.7 Å². The fraction of sp³-hybridized carbons (Fsp3) is 0.300. The molecule has 150 valence electrons. The Labute approximate surface area is 170 Å². The number of esters is 1. The van der Waals surface area contributed by atoms with Gasteiger partial charge in [0.15, 0.2) is 0 Å². The van der Waals surface area contributed by atoms with Crippen molar-refractivity contribution in [1.29, 1.82) is 0 Å². The molecule has 2 aromatic carbocycles. The van der Waals surface area contributed by atoms with E-state index in [9.17, 15) is 18.2 Å². The van der Waals surface area contributed by atoms with E-state index in [-0.39, 0.29) is 18.1 Å². The van der Waals surface area contributed by atoms with Gasteiger partial charge in [-0.25, -0.2) is 4.39 Å². The molecule has 0 saturated carbocycles. The zero-order valence-corrected chi connectivity index (χ0v) is 17.1. The number of hydrogen-bond acceptors (Lipinski definition) is 4. The number of hydrogen-bond donors (Lipinski definition) is 1. The second kappa shape index (κ2) is 10.3. The zero-order chi connectivity index (χ0) is 20.7. The van der Waals surface area contributed by atoms with Gasteiger partial charge in [-0.15, -0.1) is 0 Å². The Bertz CT molecular complexity index is 873. The highest BCUT2D eigenvalue weighted by atomic mass is 35.5. The van der Waals surface area contributed by atoms with Crippen LogP contribution in [0.5, 0.6) is 0 Å². The molecular formula is C20H21ClFNO4S. The Kier molecular flexibility index (Phi) is 8.14. The highest BCUT2D eigenvalue weighted by molar-refractivity contribution is 7.85. The summed E-state index contributed by atoms with van der Waals surface area (Å²) in [5.74, 6) is -2.15. The lowest BCUT2D eigenvalue weighted by molar-refractivity contribution is -0.145. The lowest BCUT2D eigenvalue weighted by atomic mass is 9.96. The minimum absolute atomic E-state index is 0.0279. The van der Waals surface area contributed by atoms with Crippen LogP contribution in [0.2, 0.25) is 5.02 Å². The third kappa shape index (κ3) is 6.42. The third-order valence-corrected chi connectivity index (χ3v) is 5.76. The highest BCUT2D eigenvalue weighted by Crippen LogP contribution is 2.16. The monoisotopic (exact) mass is 425 g/mol. The highest BCUT2D eigenvalue weighted by Gasteiger charge is 2.22. The number of halogens is 2. The molecular weight excluding hydrogens is 405 g/mol. The first-order valence-corrected chi connectivity index (χ1v) is 10.2. The lowest BCUT2D eigenvalue weighted by Gasteiger charge is -2.17. The van der Waals surface area contributed by atoms with Gasteiger partial charge in [-0.3, -0.25) is 13.8 Å². The van der Waals surface area contributed by atoms with E-state index in [1.54, 1.807) is 37.3 Å². The van der Waals surface area contributed by atoms with Crippen molar-refractivity contribution in [1.82, 2.24) is 5.32 Å². The van der Waals surface area contributed by atoms with Crippen molar-refractivity contribution in [3.05, 3.63) is 64.4 Å². The van der Waals surface area contributed by atoms with Gasteiger partial charge in [-0.05, 0) is 60.9 Å². The van der Waals surface area contributed by atoms with Crippen LogP contribution in [0.4, 0.5) is 4.39 Å². The Morgan fingerprint density at radius 3 is 2.50 bits per heavy atom. The van der Waals surface area contributed by atoms with Crippen molar-refractivity contribution in [3.8, 4) is 0 Å². The first-order chi connectivity index (χ1) is 13.3. The first kappa shape index (κ1) is 22.0. The molecule has 1 N–H and O–H groups in total. The molecule has 2 aromatic rings. The van der Waals surface area contributed by atoms with E-state index in [1.165, 1.54) is 19.2 Å². The molecule has 2 rings (SSSR count). The molecule has 0 aliphatic rings. The molecule has 5 nitrogen and oxygen atoms in total. The summed E-state index contributed by atoms with van der Waals surface area (Å²) >= 11 is 5.79. The molecule has 0 fully saturated rings. The molecule has 0 bridgehead atoms. The number of methoxy groups -OCH3 is 1. The molecule has 0 radical (unpaired) electrons. The summed E-state index contributed by atoms with van der Waals surface area (Å²) in [6, 6.07) is 10.7. The fourth-order valence-electron chi connectivity index (χ4n) is 2.64. The maximum absolute atomic E-state index is 13.3. The summed E-state index contributed by atoms with van der Waals surface area (Å²) in [6.07, 6.45) is 0.291. The average Bonchev–Trinajstić information content (AvgIpc) is 2.66. The van der Waals surface area contributed by atoms with E-state index in [4.69, 9.17) is 16.3 Å². The van der Waals surface area contributed by atoms with E-state index in [0.29, 0.717) is 21.9 Å². The quantitative estimate of drug-likeness (QED) is 0.660. The smallest absolute Gasteiger partial charge is 0.310 e. The van der Waals surface area contributed by atoms with Crippen molar-refractivity contribution in [2.75, 3.05) is 19.4 Å². The van der Waals surface area contributed by atoms with Gasteiger partial charge in [0.05, 0.1) is 23.8 Å². The van der Waals surface area contributed by atoms with Gasteiger partial charge in [0.25, 0.3) is 0 Å². The van der Waals surface area contributed by atoms with Gasteiger partial charge in [-0.2, -0.15) is 0 Å². The standard InChI is InChI=1S/C20H21ClFNO4S/c1-13-9-17(22)6-3-14(13)10-15(20(25)27-2)11-23-19(24)12-28(26)18-7-4-16(21)5-8-18/h3-9,15H,10-12H2,1-2H3,(H,23,24). The maximum Gasteiger partial charge on any atom is 0.310 e. The van der Waals surface area contributed by atoms with Crippen molar-refractivity contribution in [3.63, 3.8) is 0 Å². The third-order valence-electron chi connectivity index (χ3n) is 4.19. The molecule has 2 atom stereocenters. The van der Waals surface area contributed by atoms with Gasteiger partial charge in [0.1, 0.15) is 11.6 Å². The van der Waals surface area contributed by atoms with Crippen molar-refractivity contribution in [2.24, 2.45) is 5.92 Å². The predicted octanol–water partition coefficient (Wildman–Crippen LogP) is 3.04. The molecule has 0 aliphatic heterocycles. The van der Waals surface area contributed by atoms with Crippen LogP contribution in [0.15, 0.2) is 47.4 Å². The predicted molar refractivity (Wildman–Crippen MR) is 106 cm³/mol. The van der Waals surface area contributed by atoms with E-state index in [1.807, 2.05) is 0 Å². The van der Waals surface area contributed by atoms with Crippen molar-refractivity contribution < 1.29 is 22.9 Å². The number of nitrogens with one attached hydrogen (secondary N) is 1. The molecule has 0 aromatic heterocycles. The van der Waals surface area contributed by atoms with E-state index >= 15 is 0 Å². The van der Waals surface area contributed by atoms with Crippen LogP contribution in [0.25, 0.3) is 0 Å². The SMILES string of the molecule is COC(=O)C(CNC(=O)CS(=O)c1ccc(Cl)cc1)Cc1ccc(F)cc1C. The number of ether oxygens (including phenoxy) is 1. The number of rotatable bonds is 8. The molecule has 1 amide bonds. The summed E-state index contributed by atoms with van der Waals surface area (Å²) < 4.78 is 30.3. The fourth-order valence-corrected chi connectivity index (χ4v) is 3.71. The molecule has 8 heteroatoms. The summed E-state index contributed by atoms with van der Waals surface area (Å²) in [7, 11) is -0.254. The normalized spacial score (nSPS) is 12.9. The Hall–Kier alpha value is -2.25. The van der Waals surface area contributed by atoms with Gasteiger partial charge in [-0.1, -0.05) is 17.7 Å². The molecule has 2 unspecified atom stereocenters. The number of carbonyl (C=O) groups is 2. The summed E-state index contributed by atoms with van der Waals surface area (Å²) in [6.45, 7) is 1.78. The number of carbonyl (C=O) groups excluding carboxylic acids is 2. The van der Waals surface area contributed by atoms with E-state index in [0.717, 1.165) is 5.56 Å². The topological polar surface area (TPSA) is 72.5 Å². The largest absolute Gasteiger partial charge is 0.469 e. The molecule has 0 spiro atoms. The second-order valence-electron chi connectivity index (χ2n) is 6.24. The van der Waals surface area contributed by atoms with E-state index in [2.05, 4.69) is 5.32 Å². The lowest BCUT2D eigenvalue weighted by Crippen LogP contribution is -2.37. The number of amides is 1. The van der Waals surface area contributed by atoms with Crippen molar-refractivity contribution in [2.45, 2.75) is 18.2 Å². The van der Waals surface area contributed by atoms with Crippen LogP contribution in [-0.2, 0) is 31.5 Å². The van der Waals surface area contributed by atoms with Crippen LogP contribution < -0.4 is 5.32 Å². The van der Waals surface area contributed by atoms with Gasteiger partial charge in [0, 0.05) is 16.5 Å². The first-order valence-electron chi connectivity index (χ1n) is 8.53. The minimum atomic E-state index is -1.52. The summed E-state index contributed by atoms with van der Waals surface area (Å²) in [5, 5.41) is 3.14. The summed E-state index contributed by atoms with van der Waals surface area (Å²) in [4.78, 5) is 24.7. The Morgan fingerprint density at radius 1 is 1.21 bits per heavy atom. The Balaban J connectivity index is 1.96. The van der Waals surface area contributed by atoms with Crippen LogP contribution >= 0.6 is 11.6 Å². The van der Waals surface area contributed by atoms with Crippen LogP contribution in [-0.4, -0.2) is 35.5 Å². The van der Waals surface area contributed by atoms with Gasteiger partial charge < -0.3 is 10.1 Å². The molecule has 0 heterocycles. The molecule has 28 heavy (non-hydrogen) atoms.